The lowest BCUT2D eigenvalue weighted by Gasteiger charge is -2.25. The second-order valence-corrected chi connectivity index (χ2v) is 5.33. The summed E-state index contributed by atoms with van der Waals surface area (Å²) in [6, 6.07) is 2.62. The van der Waals surface area contributed by atoms with Gasteiger partial charge in [-0.25, -0.2) is 14.8 Å². The second kappa shape index (κ2) is 4.77. The van der Waals surface area contributed by atoms with Gasteiger partial charge < -0.3 is 10.0 Å². The van der Waals surface area contributed by atoms with Crippen molar-refractivity contribution in [3.05, 3.63) is 18.0 Å². The SMILES string of the molecule is CN1C2CCC1CN(c1nccc(C(=O)O)n1)CC2. The van der Waals surface area contributed by atoms with Crippen LogP contribution < -0.4 is 4.90 Å². The van der Waals surface area contributed by atoms with Gasteiger partial charge in [-0.3, -0.25) is 4.90 Å². The van der Waals surface area contributed by atoms with Gasteiger partial charge in [0.15, 0.2) is 5.69 Å². The van der Waals surface area contributed by atoms with Crippen molar-refractivity contribution in [1.29, 1.82) is 0 Å². The number of anilines is 1. The standard InChI is InChI=1S/C13H18N4O2/c1-16-9-2-3-10(16)8-17(7-5-9)13-14-6-4-11(15-13)12(18)19/h4,6,9-10H,2-3,5,7-8H2,1H3,(H,18,19). The lowest BCUT2D eigenvalue weighted by molar-refractivity contribution is 0.0690. The third-order valence-electron chi connectivity index (χ3n) is 4.29. The van der Waals surface area contributed by atoms with Gasteiger partial charge in [-0.1, -0.05) is 0 Å². The molecule has 2 saturated heterocycles. The van der Waals surface area contributed by atoms with E-state index in [1.807, 2.05) is 0 Å². The fourth-order valence-electron chi connectivity index (χ4n) is 3.11. The molecule has 0 aromatic carbocycles. The fourth-order valence-corrected chi connectivity index (χ4v) is 3.11. The van der Waals surface area contributed by atoms with Gasteiger partial charge in [0.2, 0.25) is 5.95 Å². The number of nitrogens with zero attached hydrogens (tertiary/aromatic N) is 4. The summed E-state index contributed by atoms with van der Waals surface area (Å²) in [5.74, 6) is -0.460. The van der Waals surface area contributed by atoms with Gasteiger partial charge in [0.05, 0.1) is 0 Å². The zero-order valence-electron chi connectivity index (χ0n) is 11.0. The zero-order chi connectivity index (χ0) is 13.4. The highest BCUT2D eigenvalue weighted by atomic mass is 16.4. The molecule has 3 heterocycles. The summed E-state index contributed by atoms with van der Waals surface area (Å²) < 4.78 is 0. The molecule has 0 radical (unpaired) electrons. The molecule has 2 aliphatic heterocycles. The molecule has 2 aliphatic rings. The summed E-state index contributed by atoms with van der Waals surface area (Å²) >= 11 is 0. The summed E-state index contributed by atoms with van der Waals surface area (Å²) in [6.45, 7) is 1.78. The number of hydrogen-bond acceptors (Lipinski definition) is 5. The molecule has 1 aromatic heterocycles. The first-order chi connectivity index (χ1) is 9.15. The molecule has 0 amide bonds. The van der Waals surface area contributed by atoms with Crippen LogP contribution in [0.5, 0.6) is 0 Å². The molecule has 3 rings (SSSR count). The summed E-state index contributed by atoms with van der Waals surface area (Å²) in [6.07, 6.45) is 5.09. The molecule has 2 unspecified atom stereocenters. The molecule has 0 saturated carbocycles. The summed E-state index contributed by atoms with van der Waals surface area (Å²) in [7, 11) is 2.18. The lowest BCUT2D eigenvalue weighted by Crippen LogP contribution is -2.37. The largest absolute Gasteiger partial charge is 0.477 e. The van der Waals surface area contributed by atoms with Crippen LogP contribution in [-0.4, -0.2) is 58.2 Å². The van der Waals surface area contributed by atoms with Gasteiger partial charge in [-0.2, -0.15) is 0 Å². The lowest BCUT2D eigenvalue weighted by atomic mass is 10.1. The number of carbonyl (C=O) groups is 1. The van der Waals surface area contributed by atoms with Gasteiger partial charge >= 0.3 is 5.97 Å². The first kappa shape index (κ1) is 12.3. The summed E-state index contributed by atoms with van der Waals surface area (Å²) in [5.41, 5.74) is 0.0627. The predicted octanol–water partition coefficient (Wildman–Crippen LogP) is 0.848. The van der Waals surface area contributed by atoms with E-state index in [9.17, 15) is 4.79 Å². The number of hydrogen-bond donors (Lipinski definition) is 1. The highest BCUT2D eigenvalue weighted by Crippen LogP contribution is 2.29. The summed E-state index contributed by atoms with van der Waals surface area (Å²) in [5, 5.41) is 8.99. The Morgan fingerprint density at radius 1 is 1.37 bits per heavy atom. The van der Waals surface area contributed by atoms with Crippen molar-refractivity contribution in [3.63, 3.8) is 0 Å². The van der Waals surface area contributed by atoms with Crippen molar-refractivity contribution in [3.8, 4) is 0 Å². The minimum Gasteiger partial charge on any atom is -0.477 e. The van der Waals surface area contributed by atoms with Crippen molar-refractivity contribution < 1.29 is 9.90 Å². The van der Waals surface area contributed by atoms with Crippen LogP contribution in [0.15, 0.2) is 12.3 Å². The van der Waals surface area contributed by atoms with Gasteiger partial charge in [0.25, 0.3) is 0 Å². The summed E-state index contributed by atoms with van der Waals surface area (Å²) in [4.78, 5) is 23.9. The Bertz CT molecular complexity index is 493. The molecule has 19 heavy (non-hydrogen) atoms. The minimum absolute atomic E-state index is 0.0627. The average Bonchev–Trinajstić information content (AvgIpc) is 2.63. The normalized spacial score (nSPS) is 27.3. The first-order valence-corrected chi connectivity index (χ1v) is 6.68. The van der Waals surface area contributed by atoms with Crippen LogP contribution in [0.3, 0.4) is 0 Å². The molecule has 2 fully saturated rings. The Morgan fingerprint density at radius 3 is 2.95 bits per heavy atom. The van der Waals surface area contributed by atoms with Crippen molar-refractivity contribution in [1.82, 2.24) is 14.9 Å². The molecule has 6 nitrogen and oxygen atoms in total. The van der Waals surface area contributed by atoms with E-state index in [4.69, 9.17) is 5.11 Å². The predicted molar refractivity (Wildman–Crippen MR) is 70.4 cm³/mol. The molecule has 6 heteroatoms. The topological polar surface area (TPSA) is 69.6 Å². The molecule has 2 atom stereocenters. The van der Waals surface area contributed by atoms with Gasteiger partial charge in [-0.05, 0) is 32.4 Å². The Hall–Kier alpha value is -1.69. The molecule has 1 aromatic rings. The van der Waals surface area contributed by atoms with Crippen molar-refractivity contribution in [2.45, 2.75) is 31.3 Å². The van der Waals surface area contributed by atoms with Gasteiger partial charge in [-0.15, -0.1) is 0 Å². The van der Waals surface area contributed by atoms with Crippen LogP contribution >= 0.6 is 0 Å². The smallest absolute Gasteiger partial charge is 0.354 e. The molecule has 1 N–H and O–H groups in total. The van der Waals surface area contributed by atoms with E-state index in [2.05, 4.69) is 26.8 Å². The number of likely N-dealkylation sites (N-methyl/N-ethyl adjacent to an activating group) is 1. The number of aromatic nitrogens is 2. The Labute approximate surface area is 112 Å². The number of fused-ring (bicyclic) bond motifs is 2. The van der Waals surface area contributed by atoms with Crippen molar-refractivity contribution >= 4 is 11.9 Å². The maximum absolute atomic E-state index is 11.0. The Morgan fingerprint density at radius 2 is 2.16 bits per heavy atom. The van der Waals surface area contributed by atoms with Gasteiger partial charge in [0.1, 0.15) is 0 Å². The third-order valence-corrected chi connectivity index (χ3v) is 4.29. The minimum atomic E-state index is -1.00. The van der Waals surface area contributed by atoms with Crippen LogP contribution in [0.2, 0.25) is 0 Å². The van der Waals surface area contributed by atoms with Crippen LogP contribution in [-0.2, 0) is 0 Å². The van der Waals surface area contributed by atoms with Crippen LogP contribution in [0.4, 0.5) is 5.95 Å². The maximum Gasteiger partial charge on any atom is 0.354 e. The van der Waals surface area contributed by atoms with E-state index in [0.717, 1.165) is 19.5 Å². The van der Waals surface area contributed by atoms with E-state index in [1.54, 1.807) is 0 Å². The van der Waals surface area contributed by atoms with E-state index in [0.29, 0.717) is 18.0 Å². The highest BCUT2D eigenvalue weighted by Gasteiger charge is 2.35. The van der Waals surface area contributed by atoms with E-state index in [-0.39, 0.29) is 5.69 Å². The monoisotopic (exact) mass is 262 g/mol. The number of carboxylic acid groups (broad SMARTS) is 1. The van der Waals surface area contributed by atoms with E-state index in [1.165, 1.54) is 25.1 Å². The molecule has 102 valence electrons. The van der Waals surface area contributed by atoms with E-state index >= 15 is 0 Å². The van der Waals surface area contributed by atoms with Crippen molar-refractivity contribution in [2.24, 2.45) is 0 Å². The highest BCUT2D eigenvalue weighted by molar-refractivity contribution is 5.85. The average molecular weight is 262 g/mol. The Balaban J connectivity index is 1.82. The zero-order valence-corrected chi connectivity index (χ0v) is 11.0. The number of aromatic carboxylic acids is 1. The quantitative estimate of drug-likeness (QED) is 0.852. The van der Waals surface area contributed by atoms with Crippen LogP contribution in [0.1, 0.15) is 29.8 Å². The molecular formula is C13H18N4O2. The molecular weight excluding hydrogens is 244 g/mol. The van der Waals surface area contributed by atoms with Crippen LogP contribution in [0, 0.1) is 0 Å². The number of carboxylic acids is 1. The first-order valence-electron chi connectivity index (χ1n) is 6.68. The van der Waals surface area contributed by atoms with Crippen LogP contribution in [0.25, 0.3) is 0 Å². The van der Waals surface area contributed by atoms with Crippen molar-refractivity contribution in [2.75, 3.05) is 25.0 Å². The fraction of sp³-hybridized carbons (Fsp3) is 0.615. The molecule has 0 spiro atoms. The van der Waals surface area contributed by atoms with E-state index < -0.39 is 5.97 Å². The maximum atomic E-state index is 11.0. The molecule has 2 bridgehead atoms. The van der Waals surface area contributed by atoms with Gasteiger partial charge in [0, 0.05) is 31.4 Å². The molecule has 0 aliphatic carbocycles. The number of rotatable bonds is 2. The third kappa shape index (κ3) is 2.28. The Kier molecular flexibility index (Phi) is 3.10. The second-order valence-electron chi connectivity index (χ2n) is 5.33.